The van der Waals surface area contributed by atoms with Gasteiger partial charge in [-0.3, -0.25) is 4.79 Å². The first-order valence-electron chi connectivity index (χ1n) is 7.11. The van der Waals surface area contributed by atoms with Gasteiger partial charge in [0.05, 0.1) is 0 Å². The van der Waals surface area contributed by atoms with Gasteiger partial charge in [0.15, 0.2) is 0 Å². The topological polar surface area (TPSA) is 28.5 Å². The summed E-state index contributed by atoms with van der Waals surface area (Å²) in [6, 6.07) is 8.21. The fraction of sp³-hybridized carbons (Fsp3) is 0.438. The molecule has 0 spiro atoms. The summed E-state index contributed by atoms with van der Waals surface area (Å²) in [7, 11) is 4.09. The van der Waals surface area contributed by atoms with E-state index in [-0.39, 0.29) is 5.91 Å². The SMILES string of the molecule is Cc1c(C(=O)N2CCN(C)CC2)n(C)c2ccccc12. The van der Waals surface area contributed by atoms with Gasteiger partial charge in [-0.05, 0) is 25.6 Å². The molecule has 4 heteroatoms. The van der Waals surface area contributed by atoms with Crippen LogP contribution < -0.4 is 0 Å². The Bertz CT molecular complexity index is 612. The summed E-state index contributed by atoms with van der Waals surface area (Å²) in [6.07, 6.45) is 0. The first kappa shape index (κ1) is 13.2. The summed E-state index contributed by atoms with van der Waals surface area (Å²) < 4.78 is 2.03. The summed E-state index contributed by atoms with van der Waals surface area (Å²) in [6.45, 7) is 5.59. The Kier molecular flexibility index (Phi) is 3.26. The molecule has 0 unspecified atom stereocenters. The van der Waals surface area contributed by atoms with Crippen LogP contribution in [0.25, 0.3) is 10.9 Å². The molecule has 0 aliphatic carbocycles. The minimum atomic E-state index is 0.161. The second-order valence-electron chi connectivity index (χ2n) is 5.65. The number of aromatic nitrogens is 1. The van der Waals surface area contributed by atoms with Gasteiger partial charge in [-0.2, -0.15) is 0 Å². The van der Waals surface area contributed by atoms with Crippen LogP contribution in [-0.4, -0.2) is 53.5 Å². The van der Waals surface area contributed by atoms with Crippen LogP contribution in [0.1, 0.15) is 16.1 Å². The largest absolute Gasteiger partial charge is 0.339 e. The number of para-hydroxylation sites is 1. The Morgan fingerprint density at radius 1 is 1.05 bits per heavy atom. The van der Waals surface area contributed by atoms with Gasteiger partial charge < -0.3 is 14.4 Å². The predicted molar refractivity (Wildman–Crippen MR) is 81.1 cm³/mol. The molecule has 1 saturated heterocycles. The zero-order valence-electron chi connectivity index (χ0n) is 12.4. The molecule has 20 heavy (non-hydrogen) atoms. The van der Waals surface area contributed by atoms with E-state index in [4.69, 9.17) is 0 Å². The fourth-order valence-corrected chi connectivity index (χ4v) is 3.05. The summed E-state index contributed by atoms with van der Waals surface area (Å²) in [5.41, 5.74) is 3.05. The maximum absolute atomic E-state index is 12.8. The van der Waals surface area contributed by atoms with Crippen LogP contribution in [0.15, 0.2) is 24.3 Å². The predicted octanol–water partition coefficient (Wildman–Crippen LogP) is 1.87. The second kappa shape index (κ2) is 4.94. The Morgan fingerprint density at radius 2 is 1.70 bits per heavy atom. The number of amides is 1. The lowest BCUT2D eigenvalue weighted by molar-refractivity contribution is 0.0654. The van der Waals surface area contributed by atoms with E-state index in [1.807, 2.05) is 35.6 Å². The highest BCUT2D eigenvalue weighted by Gasteiger charge is 2.25. The zero-order chi connectivity index (χ0) is 14.3. The second-order valence-corrected chi connectivity index (χ2v) is 5.65. The highest BCUT2D eigenvalue weighted by molar-refractivity contribution is 6.01. The van der Waals surface area contributed by atoms with Crippen molar-refractivity contribution in [2.45, 2.75) is 6.92 Å². The van der Waals surface area contributed by atoms with Crippen molar-refractivity contribution in [2.75, 3.05) is 33.2 Å². The van der Waals surface area contributed by atoms with Crippen LogP contribution in [0.3, 0.4) is 0 Å². The lowest BCUT2D eigenvalue weighted by Gasteiger charge is -2.32. The van der Waals surface area contributed by atoms with Crippen molar-refractivity contribution in [2.24, 2.45) is 7.05 Å². The quantitative estimate of drug-likeness (QED) is 0.792. The third-order valence-electron chi connectivity index (χ3n) is 4.35. The number of hydrogen-bond donors (Lipinski definition) is 0. The first-order chi connectivity index (χ1) is 9.59. The smallest absolute Gasteiger partial charge is 0.270 e. The van der Waals surface area contributed by atoms with E-state index in [0.717, 1.165) is 43.0 Å². The molecule has 0 radical (unpaired) electrons. The molecule has 2 aromatic rings. The first-order valence-corrected chi connectivity index (χ1v) is 7.11. The van der Waals surface area contributed by atoms with E-state index in [1.165, 1.54) is 5.39 Å². The molecule has 4 nitrogen and oxygen atoms in total. The van der Waals surface area contributed by atoms with Gasteiger partial charge in [-0.15, -0.1) is 0 Å². The molecule has 2 heterocycles. The maximum Gasteiger partial charge on any atom is 0.270 e. The normalized spacial score (nSPS) is 16.9. The summed E-state index contributed by atoms with van der Waals surface area (Å²) in [4.78, 5) is 17.0. The van der Waals surface area contributed by atoms with Gasteiger partial charge in [0, 0.05) is 44.1 Å². The number of piperazine rings is 1. The lowest BCUT2D eigenvalue weighted by Crippen LogP contribution is -2.47. The van der Waals surface area contributed by atoms with Crippen molar-refractivity contribution in [3.63, 3.8) is 0 Å². The molecule has 0 saturated carbocycles. The van der Waals surface area contributed by atoms with E-state index in [1.54, 1.807) is 0 Å². The van der Waals surface area contributed by atoms with Crippen LogP contribution in [0, 0.1) is 6.92 Å². The van der Waals surface area contributed by atoms with Crippen LogP contribution in [-0.2, 0) is 7.05 Å². The molecule has 106 valence electrons. The summed E-state index contributed by atoms with van der Waals surface area (Å²) in [5, 5.41) is 1.17. The van der Waals surface area contributed by atoms with Gasteiger partial charge in [-0.1, -0.05) is 18.2 Å². The Morgan fingerprint density at radius 3 is 2.35 bits per heavy atom. The van der Waals surface area contributed by atoms with Crippen molar-refractivity contribution >= 4 is 16.8 Å². The molecule has 1 aliphatic rings. The Labute approximate surface area is 119 Å². The van der Waals surface area contributed by atoms with Gasteiger partial charge in [0.1, 0.15) is 5.69 Å². The molecular weight excluding hydrogens is 250 g/mol. The van der Waals surface area contributed by atoms with E-state index in [2.05, 4.69) is 24.1 Å². The summed E-state index contributed by atoms with van der Waals surface area (Å²) >= 11 is 0. The number of carbonyl (C=O) groups is 1. The maximum atomic E-state index is 12.8. The van der Waals surface area contributed by atoms with Crippen molar-refractivity contribution in [3.8, 4) is 0 Å². The molecule has 3 rings (SSSR count). The minimum Gasteiger partial charge on any atom is -0.339 e. The third-order valence-corrected chi connectivity index (χ3v) is 4.35. The van der Waals surface area contributed by atoms with Gasteiger partial charge in [0.2, 0.25) is 0 Å². The van der Waals surface area contributed by atoms with Crippen molar-refractivity contribution in [1.29, 1.82) is 0 Å². The molecule has 0 atom stereocenters. The van der Waals surface area contributed by atoms with Gasteiger partial charge >= 0.3 is 0 Å². The van der Waals surface area contributed by atoms with Crippen LogP contribution in [0.5, 0.6) is 0 Å². The highest BCUT2D eigenvalue weighted by atomic mass is 16.2. The third kappa shape index (κ3) is 2.00. The molecule has 1 aromatic carbocycles. The molecule has 1 aliphatic heterocycles. The van der Waals surface area contributed by atoms with Crippen LogP contribution in [0.2, 0.25) is 0 Å². The van der Waals surface area contributed by atoms with E-state index >= 15 is 0 Å². The van der Waals surface area contributed by atoms with Gasteiger partial charge in [0.25, 0.3) is 5.91 Å². The van der Waals surface area contributed by atoms with Crippen molar-refractivity contribution < 1.29 is 4.79 Å². The van der Waals surface area contributed by atoms with Crippen LogP contribution in [0.4, 0.5) is 0 Å². The number of rotatable bonds is 1. The summed E-state index contributed by atoms with van der Waals surface area (Å²) in [5.74, 6) is 0.161. The standard InChI is InChI=1S/C16H21N3O/c1-12-13-6-4-5-7-14(13)18(3)15(12)16(20)19-10-8-17(2)9-11-19/h4-7H,8-11H2,1-3H3. The fourth-order valence-electron chi connectivity index (χ4n) is 3.05. The highest BCUT2D eigenvalue weighted by Crippen LogP contribution is 2.25. The van der Waals surface area contributed by atoms with Gasteiger partial charge in [-0.25, -0.2) is 0 Å². The lowest BCUT2D eigenvalue weighted by atomic mass is 10.1. The van der Waals surface area contributed by atoms with Crippen molar-refractivity contribution in [3.05, 3.63) is 35.5 Å². The number of nitrogens with zero attached hydrogens (tertiary/aromatic N) is 3. The average molecular weight is 271 g/mol. The monoisotopic (exact) mass is 271 g/mol. The number of aryl methyl sites for hydroxylation is 2. The van der Waals surface area contributed by atoms with E-state index in [0.29, 0.717) is 0 Å². The number of benzene rings is 1. The number of likely N-dealkylation sites (N-methyl/N-ethyl adjacent to an activating group) is 1. The zero-order valence-corrected chi connectivity index (χ0v) is 12.4. The minimum absolute atomic E-state index is 0.161. The molecule has 1 aromatic heterocycles. The van der Waals surface area contributed by atoms with Crippen LogP contribution >= 0.6 is 0 Å². The molecule has 0 bridgehead atoms. The molecule has 0 N–H and O–H groups in total. The Hall–Kier alpha value is -1.81. The van der Waals surface area contributed by atoms with E-state index in [9.17, 15) is 4.79 Å². The van der Waals surface area contributed by atoms with E-state index < -0.39 is 0 Å². The van der Waals surface area contributed by atoms with Crippen molar-refractivity contribution in [1.82, 2.24) is 14.4 Å². The Balaban J connectivity index is 1.99. The number of carbonyl (C=O) groups excluding carboxylic acids is 1. The average Bonchev–Trinajstić information content (AvgIpc) is 2.72. The number of hydrogen-bond acceptors (Lipinski definition) is 2. The molecular formula is C16H21N3O. The number of fused-ring (bicyclic) bond motifs is 1. The molecule has 1 fully saturated rings. The molecule has 1 amide bonds.